The molecule has 0 spiro atoms. The van der Waals surface area contributed by atoms with E-state index in [4.69, 9.17) is 0 Å². The molecule has 1 rings (SSSR count). The Labute approximate surface area is 150 Å². The highest BCUT2D eigenvalue weighted by Crippen LogP contribution is 2.10. The molecule has 8 heteroatoms. The smallest absolute Gasteiger partial charge is 0.215 e. The number of aliphatic imine (C=N–C) groups is 1. The second kappa shape index (κ2) is 10.4. The molecule has 2 N–H and O–H groups in total. The monoisotopic (exact) mass is 372 g/mol. The van der Waals surface area contributed by atoms with Crippen molar-refractivity contribution in [3.63, 3.8) is 0 Å². The Hall–Kier alpha value is -1.67. The number of hydrogen-bond donors (Lipinski definition) is 2. The molecule has 0 saturated heterocycles. The summed E-state index contributed by atoms with van der Waals surface area (Å²) in [6.07, 6.45) is 0. The van der Waals surface area contributed by atoms with Crippen molar-refractivity contribution in [2.45, 2.75) is 34.2 Å². The van der Waals surface area contributed by atoms with Crippen molar-refractivity contribution in [3.8, 4) is 0 Å². The molecule has 0 heterocycles. The summed E-state index contributed by atoms with van der Waals surface area (Å²) in [6.45, 7) is 9.43. The van der Waals surface area contributed by atoms with Gasteiger partial charge in [0.2, 0.25) is 10.0 Å². The van der Waals surface area contributed by atoms with Gasteiger partial charge in [0.05, 0.1) is 12.3 Å². The molecule has 0 aliphatic heterocycles. The number of halogens is 1. The van der Waals surface area contributed by atoms with Crippen LogP contribution in [0.2, 0.25) is 0 Å². The van der Waals surface area contributed by atoms with Crippen LogP contribution in [-0.4, -0.2) is 50.6 Å². The highest BCUT2D eigenvalue weighted by atomic mass is 32.2. The van der Waals surface area contributed by atoms with Crippen molar-refractivity contribution in [1.82, 2.24) is 14.9 Å². The molecule has 0 bridgehead atoms. The van der Waals surface area contributed by atoms with Crippen molar-refractivity contribution in [2.24, 2.45) is 4.99 Å². The number of sulfonamides is 1. The van der Waals surface area contributed by atoms with Gasteiger partial charge in [0.1, 0.15) is 5.82 Å². The second-order valence-corrected chi connectivity index (χ2v) is 7.69. The van der Waals surface area contributed by atoms with Gasteiger partial charge in [-0.05, 0) is 31.0 Å². The van der Waals surface area contributed by atoms with Crippen LogP contribution in [0, 0.1) is 12.7 Å². The van der Waals surface area contributed by atoms with Gasteiger partial charge in [0, 0.05) is 26.2 Å². The van der Waals surface area contributed by atoms with Gasteiger partial charge in [-0.2, -0.15) is 0 Å². The minimum Gasteiger partial charge on any atom is -0.357 e. The third-order valence-corrected chi connectivity index (χ3v) is 5.77. The maximum atomic E-state index is 13.6. The van der Waals surface area contributed by atoms with Crippen molar-refractivity contribution >= 4 is 16.0 Å². The molecule has 0 amide bonds. The zero-order valence-electron chi connectivity index (χ0n) is 15.5. The summed E-state index contributed by atoms with van der Waals surface area (Å²) in [5, 5.41) is 6.07. The molecule has 0 unspecified atom stereocenters. The number of hydrogen-bond acceptors (Lipinski definition) is 3. The number of nitrogens with one attached hydrogen (secondary N) is 2. The minimum absolute atomic E-state index is 0.00173. The predicted molar refractivity (Wildman–Crippen MR) is 101 cm³/mol. The summed E-state index contributed by atoms with van der Waals surface area (Å²) < 4.78 is 39.3. The fourth-order valence-corrected chi connectivity index (χ4v) is 3.70. The Morgan fingerprint density at radius 3 is 2.44 bits per heavy atom. The van der Waals surface area contributed by atoms with Gasteiger partial charge in [-0.15, -0.1) is 0 Å². The minimum atomic E-state index is -3.27. The van der Waals surface area contributed by atoms with Gasteiger partial charge < -0.3 is 10.6 Å². The first-order chi connectivity index (χ1) is 11.8. The lowest BCUT2D eigenvalue weighted by Crippen LogP contribution is -2.42. The Bertz CT molecular complexity index is 673. The molecule has 0 atom stereocenters. The van der Waals surface area contributed by atoms with Crippen molar-refractivity contribution in [1.29, 1.82) is 0 Å². The summed E-state index contributed by atoms with van der Waals surface area (Å²) in [5.74, 6) is 0.257. The molecule has 0 radical (unpaired) electrons. The fourth-order valence-electron chi connectivity index (χ4n) is 2.29. The molecule has 0 aliphatic rings. The van der Waals surface area contributed by atoms with Gasteiger partial charge in [-0.1, -0.05) is 26.0 Å². The van der Waals surface area contributed by atoms with E-state index >= 15 is 0 Å². The molecule has 1 aromatic carbocycles. The van der Waals surface area contributed by atoms with Crippen LogP contribution in [0.25, 0.3) is 0 Å². The van der Waals surface area contributed by atoms with Gasteiger partial charge in [0.25, 0.3) is 0 Å². The first-order valence-electron chi connectivity index (χ1n) is 8.59. The van der Waals surface area contributed by atoms with E-state index in [9.17, 15) is 12.8 Å². The SMILES string of the molecule is CCNC(=NCc1ccc(C)c(F)c1)NCCS(=O)(=O)N(CC)CC. The van der Waals surface area contributed by atoms with Crippen LogP contribution in [0.5, 0.6) is 0 Å². The quantitative estimate of drug-likeness (QED) is 0.513. The van der Waals surface area contributed by atoms with Crippen LogP contribution >= 0.6 is 0 Å². The van der Waals surface area contributed by atoms with E-state index in [0.29, 0.717) is 37.7 Å². The van der Waals surface area contributed by atoms with E-state index in [1.54, 1.807) is 13.0 Å². The summed E-state index contributed by atoms with van der Waals surface area (Å²) in [6, 6.07) is 5.01. The lowest BCUT2D eigenvalue weighted by atomic mass is 10.1. The van der Waals surface area contributed by atoms with E-state index in [1.165, 1.54) is 10.4 Å². The van der Waals surface area contributed by atoms with Crippen LogP contribution in [0.4, 0.5) is 4.39 Å². The number of guanidine groups is 1. The van der Waals surface area contributed by atoms with E-state index in [-0.39, 0.29) is 18.1 Å². The fraction of sp³-hybridized carbons (Fsp3) is 0.588. The highest BCUT2D eigenvalue weighted by molar-refractivity contribution is 7.89. The molecule has 142 valence electrons. The van der Waals surface area contributed by atoms with E-state index in [0.717, 1.165) is 5.56 Å². The van der Waals surface area contributed by atoms with Crippen molar-refractivity contribution in [2.75, 3.05) is 31.9 Å². The first-order valence-corrected chi connectivity index (χ1v) is 10.2. The van der Waals surface area contributed by atoms with E-state index < -0.39 is 10.0 Å². The number of benzene rings is 1. The molecule has 25 heavy (non-hydrogen) atoms. The standard InChI is InChI=1S/C17H29FN4O2S/c1-5-19-17(20-10-11-25(23,24)22(6-2)7-3)21-13-15-9-8-14(4)16(18)12-15/h8-9,12H,5-7,10-11,13H2,1-4H3,(H2,19,20,21). The van der Waals surface area contributed by atoms with Crippen LogP contribution in [0.15, 0.2) is 23.2 Å². The molecule has 1 aromatic rings. The van der Waals surface area contributed by atoms with Gasteiger partial charge in [-0.3, -0.25) is 0 Å². The highest BCUT2D eigenvalue weighted by Gasteiger charge is 2.18. The predicted octanol–water partition coefficient (Wildman–Crippen LogP) is 1.86. The lowest BCUT2D eigenvalue weighted by molar-refractivity contribution is 0.445. The Balaban J connectivity index is 2.65. The third kappa shape index (κ3) is 6.99. The number of rotatable bonds is 9. The van der Waals surface area contributed by atoms with Gasteiger partial charge in [-0.25, -0.2) is 22.1 Å². The van der Waals surface area contributed by atoms with Crippen molar-refractivity contribution in [3.05, 3.63) is 35.1 Å². The maximum absolute atomic E-state index is 13.6. The average molecular weight is 373 g/mol. The number of nitrogens with zero attached hydrogens (tertiary/aromatic N) is 2. The largest absolute Gasteiger partial charge is 0.357 e. The summed E-state index contributed by atoms with van der Waals surface area (Å²) >= 11 is 0. The molecule has 0 fully saturated rings. The third-order valence-electron chi connectivity index (χ3n) is 3.75. The normalized spacial score (nSPS) is 12.5. The Kier molecular flexibility index (Phi) is 8.85. The molecule has 0 aromatic heterocycles. The molecular formula is C17H29FN4O2S. The maximum Gasteiger partial charge on any atom is 0.215 e. The molecule has 0 aliphatic carbocycles. The van der Waals surface area contributed by atoms with Gasteiger partial charge >= 0.3 is 0 Å². The lowest BCUT2D eigenvalue weighted by Gasteiger charge is -2.19. The van der Waals surface area contributed by atoms with Crippen molar-refractivity contribution < 1.29 is 12.8 Å². The van der Waals surface area contributed by atoms with Crippen LogP contribution in [0.3, 0.4) is 0 Å². The number of aryl methyl sites for hydroxylation is 1. The van der Waals surface area contributed by atoms with Gasteiger partial charge in [0.15, 0.2) is 5.96 Å². The molecule has 6 nitrogen and oxygen atoms in total. The molecular weight excluding hydrogens is 343 g/mol. The second-order valence-electron chi connectivity index (χ2n) is 5.61. The van der Waals surface area contributed by atoms with E-state index in [1.807, 2.05) is 26.8 Å². The van der Waals surface area contributed by atoms with Crippen LogP contribution < -0.4 is 10.6 Å². The summed E-state index contributed by atoms with van der Waals surface area (Å²) in [7, 11) is -3.27. The first kappa shape index (κ1) is 21.4. The topological polar surface area (TPSA) is 73.8 Å². The summed E-state index contributed by atoms with van der Waals surface area (Å²) in [4.78, 5) is 4.38. The molecule has 0 saturated carbocycles. The van der Waals surface area contributed by atoms with Crippen LogP contribution in [-0.2, 0) is 16.6 Å². The zero-order chi connectivity index (χ0) is 18.9. The average Bonchev–Trinajstić information content (AvgIpc) is 2.56. The Morgan fingerprint density at radius 1 is 1.20 bits per heavy atom. The Morgan fingerprint density at radius 2 is 1.88 bits per heavy atom. The van der Waals surface area contributed by atoms with Crippen LogP contribution in [0.1, 0.15) is 31.9 Å². The summed E-state index contributed by atoms with van der Waals surface area (Å²) in [5.41, 5.74) is 1.36. The van der Waals surface area contributed by atoms with E-state index in [2.05, 4.69) is 15.6 Å². The zero-order valence-corrected chi connectivity index (χ0v) is 16.3.